The van der Waals surface area contributed by atoms with E-state index in [2.05, 4.69) is 5.32 Å². The number of methoxy groups -OCH3 is 1. The Morgan fingerprint density at radius 3 is 2.65 bits per heavy atom. The number of hydrogen-bond acceptors (Lipinski definition) is 5. The maximum Gasteiger partial charge on any atom is 0.243 e. The van der Waals surface area contributed by atoms with Crippen LogP contribution in [0.15, 0.2) is 70.2 Å². The molecule has 0 unspecified atom stereocenters. The molecule has 0 saturated carbocycles. The van der Waals surface area contributed by atoms with Gasteiger partial charge in [0.1, 0.15) is 11.3 Å². The molecule has 0 atom stereocenters. The summed E-state index contributed by atoms with van der Waals surface area (Å²) in [6, 6.07) is 16.4. The van der Waals surface area contributed by atoms with Gasteiger partial charge in [-0.3, -0.25) is 4.79 Å². The third-order valence-corrected chi connectivity index (χ3v) is 8.18. The van der Waals surface area contributed by atoms with E-state index < -0.39 is 10.0 Å². The van der Waals surface area contributed by atoms with E-state index in [-0.39, 0.29) is 17.2 Å². The Bertz CT molecular complexity index is 1470. The van der Waals surface area contributed by atoms with Crippen molar-refractivity contribution >= 4 is 43.4 Å². The maximum atomic E-state index is 13.1. The first kappa shape index (κ1) is 22.4. The lowest BCUT2D eigenvalue weighted by molar-refractivity contribution is -0.115. The van der Waals surface area contributed by atoms with Crippen molar-refractivity contribution < 1.29 is 22.4 Å². The summed E-state index contributed by atoms with van der Waals surface area (Å²) in [5.41, 5.74) is 1.80. The van der Waals surface area contributed by atoms with Crippen LogP contribution in [0.3, 0.4) is 0 Å². The molecule has 4 aromatic rings. The largest absolute Gasteiger partial charge is 0.495 e. The highest BCUT2D eigenvalue weighted by Crippen LogP contribution is 2.32. The number of nitrogens with zero attached hydrogens (tertiary/aromatic N) is 1. The number of anilines is 1. The first-order valence-corrected chi connectivity index (χ1v) is 12.8. The molecule has 34 heavy (non-hydrogen) atoms. The molecule has 1 amide bonds. The summed E-state index contributed by atoms with van der Waals surface area (Å²) < 4.78 is 38.8. The van der Waals surface area contributed by atoms with Crippen molar-refractivity contribution in [3.63, 3.8) is 0 Å². The number of nitrogens with one attached hydrogen (secondary N) is 1. The molecule has 0 radical (unpaired) electrons. The Balaban J connectivity index is 1.43. The van der Waals surface area contributed by atoms with Crippen LogP contribution in [0.1, 0.15) is 24.8 Å². The van der Waals surface area contributed by atoms with E-state index in [1.807, 2.05) is 36.4 Å². The Hall–Kier alpha value is -3.36. The number of furan rings is 1. The first-order valence-electron chi connectivity index (χ1n) is 11.3. The van der Waals surface area contributed by atoms with Gasteiger partial charge in [0.05, 0.1) is 30.4 Å². The molecule has 1 N–H and O–H groups in total. The van der Waals surface area contributed by atoms with E-state index in [1.165, 1.54) is 23.5 Å². The number of benzene rings is 3. The second-order valence-corrected chi connectivity index (χ2v) is 10.4. The molecule has 1 fully saturated rings. The van der Waals surface area contributed by atoms with E-state index in [0.29, 0.717) is 30.1 Å². The summed E-state index contributed by atoms with van der Waals surface area (Å²) in [5, 5.41) is 5.83. The number of carbonyl (C=O) groups excluding carboxylic acids is 1. The molecule has 176 valence electrons. The lowest BCUT2D eigenvalue weighted by Gasteiger charge is -2.26. The van der Waals surface area contributed by atoms with Crippen LogP contribution in [-0.4, -0.2) is 38.8 Å². The number of amides is 1. The van der Waals surface area contributed by atoms with Gasteiger partial charge in [-0.25, -0.2) is 8.42 Å². The van der Waals surface area contributed by atoms with E-state index in [4.69, 9.17) is 9.15 Å². The van der Waals surface area contributed by atoms with Gasteiger partial charge in [0, 0.05) is 24.0 Å². The molecule has 1 aliphatic heterocycles. The van der Waals surface area contributed by atoms with Crippen molar-refractivity contribution in [1.29, 1.82) is 0 Å². The molecule has 0 aliphatic carbocycles. The van der Waals surface area contributed by atoms with Crippen LogP contribution in [0.5, 0.6) is 5.75 Å². The minimum Gasteiger partial charge on any atom is -0.495 e. The molecule has 0 spiro atoms. The van der Waals surface area contributed by atoms with Crippen molar-refractivity contribution in [1.82, 2.24) is 4.31 Å². The van der Waals surface area contributed by atoms with Crippen molar-refractivity contribution in [2.45, 2.75) is 30.6 Å². The average molecular weight is 479 g/mol. The fourth-order valence-electron chi connectivity index (χ4n) is 4.57. The third kappa shape index (κ3) is 4.15. The van der Waals surface area contributed by atoms with Gasteiger partial charge in [-0.05, 0) is 47.9 Å². The Labute approximate surface area is 198 Å². The number of rotatable bonds is 6. The summed E-state index contributed by atoms with van der Waals surface area (Å²) in [7, 11) is -2.15. The van der Waals surface area contributed by atoms with Crippen molar-refractivity contribution in [3.8, 4) is 5.75 Å². The fourth-order valence-corrected chi connectivity index (χ4v) is 6.12. The molecule has 3 aromatic carbocycles. The standard InChI is InChI=1S/C26H26N2O5S/c1-32-23-12-10-20(34(30,31)28-13-5-2-6-14-28)16-22(23)27-25(29)15-19-17-33-24-11-9-18-7-3-4-8-21(18)26(19)24/h3-4,7-12,16-17H,2,5-6,13-15H2,1H3,(H,27,29). The van der Waals surface area contributed by atoms with E-state index >= 15 is 0 Å². The summed E-state index contributed by atoms with van der Waals surface area (Å²) >= 11 is 0. The van der Waals surface area contributed by atoms with Crippen LogP contribution in [0.2, 0.25) is 0 Å². The zero-order valence-electron chi connectivity index (χ0n) is 18.9. The second kappa shape index (κ2) is 9.12. The molecule has 1 aliphatic rings. The van der Waals surface area contributed by atoms with Gasteiger partial charge in [-0.2, -0.15) is 4.31 Å². The smallest absolute Gasteiger partial charge is 0.243 e. The lowest BCUT2D eigenvalue weighted by Crippen LogP contribution is -2.35. The number of ether oxygens (including phenoxy) is 1. The predicted octanol–water partition coefficient (Wildman–Crippen LogP) is 4.95. The van der Waals surface area contributed by atoms with Crippen molar-refractivity contribution in [2.75, 3.05) is 25.5 Å². The number of piperidine rings is 1. The normalized spacial score (nSPS) is 15.0. The van der Waals surface area contributed by atoms with E-state index in [9.17, 15) is 13.2 Å². The minimum absolute atomic E-state index is 0.0767. The van der Waals surface area contributed by atoms with Gasteiger partial charge < -0.3 is 14.5 Å². The van der Waals surface area contributed by atoms with Crippen LogP contribution in [-0.2, 0) is 21.2 Å². The number of sulfonamides is 1. The van der Waals surface area contributed by atoms with Crippen molar-refractivity contribution in [2.24, 2.45) is 0 Å². The highest BCUT2D eigenvalue weighted by Gasteiger charge is 2.27. The third-order valence-electron chi connectivity index (χ3n) is 6.29. The fraction of sp³-hybridized carbons (Fsp3) is 0.269. The predicted molar refractivity (Wildman–Crippen MR) is 132 cm³/mol. The monoisotopic (exact) mass is 478 g/mol. The summed E-state index contributed by atoms with van der Waals surface area (Å²) in [6.07, 6.45) is 4.42. The zero-order chi connectivity index (χ0) is 23.7. The molecule has 1 aromatic heterocycles. The van der Waals surface area contributed by atoms with E-state index in [1.54, 1.807) is 12.3 Å². The highest BCUT2D eigenvalue weighted by atomic mass is 32.2. The Morgan fingerprint density at radius 2 is 1.85 bits per heavy atom. The quantitative estimate of drug-likeness (QED) is 0.424. The number of fused-ring (bicyclic) bond motifs is 3. The topological polar surface area (TPSA) is 88.9 Å². The molecule has 1 saturated heterocycles. The zero-order valence-corrected chi connectivity index (χ0v) is 19.7. The van der Waals surface area contributed by atoms with Gasteiger partial charge in [0.25, 0.3) is 0 Å². The SMILES string of the molecule is COc1ccc(S(=O)(=O)N2CCCCC2)cc1NC(=O)Cc1coc2ccc3ccccc3c12. The highest BCUT2D eigenvalue weighted by molar-refractivity contribution is 7.89. The number of hydrogen-bond donors (Lipinski definition) is 1. The average Bonchev–Trinajstić information content (AvgIpc) is 3.27. The van der Waals surface area contributed by atoms with Crippen molar-refractivity contribution in [3.05, 3.63) is 66.4 Å². The Kier molecular flexibility index (Phi) is 6.02. The molecule has 8 heteroatoms. The molecule has 7 nitrogen and oxygen atoms in total. The van der Waals surface area contributed by atoms with E-state index in [0.717, 1.165) is 41.0 Å². The first-order chi connectivity index (χ1) is 16.5. The summed E-state index contributed by atoms with van der Waals surface area (Å²) in [6.45, 7) is 1.02. The molecule has 0 bridgehead atoms. The molecular formula is C26H26N2O5S. The maximum absolute atomic E-state index is 13.1. The summed E-state index contributed by atoms with van der Waals surface area (Å²) in [5.74, 6) is 0.106. The van der Waals surface area contributed by atoms with Crippen LogP contribution in [0.25, 0.3) is 21.7 Å². The van der Waals surface area contributed by atoms with Crippen LogP contribution in [0, 0.1) is 0 Å². The summed E-state index contributed by atoms with van der Waals surface area (Å²) in [4.78, 5) is 13.2. The minimum atomic E-state index is -3.64. The van der Waals surface area contributed by atoms with Gasteiger partial charge in [-0.15, -0.1) is 0 Å². The molecular weight excluding hydrogens is 452 g/mol. The van der Waals surface area contributed by atoms with Crippen LogP contribution < -0.4 is 10.1 Å². The molecule has 5 rings (SSSR count). The van der Waals surface area contributed by atoms with Gasteiger partial charge >= 0.3 is 0 Å². The molecule has 2 heterocycles. The second-order valence-electron chi connectivity index (χ2n) is 8.47. The van der Waals surface area contributed by atoms with Crippen LogP contribution >= 0.6 is 0 Å². The van der Waals surface area contributed by atoms with Gasteiger partial charge in [0.2, 0.25) is 15.9 Å². The van der Waals surface area contributed by atoms with Gasteiger partial charge in [-0.1, -0.05) is 36.8 Å². The van der Waals surface area contributed by atoms with Crippen LogP contribution in [0.4, 0.5) is 5.69 Å². The lowest BCUT2D eigenvalue weighted by atomic mass is 10.0. The van der Waals surface area contributed by atoms with Gasteiger partial charge in [0.15, 0.2) is 0 Å². The number of carbonyl (C=O) groups is 1. The Morgan fingerprint density at radius 1 is 1.06 bits per heavy atom.